The first-order chi connectivity index (χ1) is 6.14. The van der Waals surface area contributed by atoms with Crippen LogP contribution in [0.1, 0.15) is 46.5 Å². The molecule has 0 aromatic carbocycles. The highest BCUT2D eigenvalue weighted by molar-refractivity contribution is 4.79. The molecule has 0 saturated carbocycles. The summed E-state index contributed by atoms with van der Waals surface area (Å²) in [5.74, 6) is 0.456. The highest BCUT2D eigenvalue weighted by Crippen LogP contribution is 2.38. The Labute approximate surface area is 82.0 Å². The van der Waals surface area contributed by atoms with Gasteiger partial charge in [0.05, 0.1) is 0 Å². The van der Waals surface area contributed by atoms with Crippen LogP contribution in [0.15, 0.2) is 0 Å². The minimum Gasteiger partial charge on any atom is -0.396 e. The largest absolute Gasteiger partial charge is 0.396 e. The van der Waals surface area contributed by atoms with Crippen LogP contribution < -0.4 is 0 Å². The molecule has 2 nitrogen and oxygen atoms in total. The lowest BCUT2D eigenvalue weighted by atomic mass is 9.70. The van der Waals surface area contributed by atoms with E-state index in [1.165, 1.54) is 0 Å². The van der Waals surface area contributed by atoms with Gasteiger partial charge in [0, 0.05) is 13.2 Å². The lowest BCUT2D eigenvalue weighted by molar-refractivity contribution is 0.101. The van der Waals surface area contributed by atoms with Gasteiger partial charge in [-0.2, -0.15) is 0 Å². The molecule has 0 aliphatic rings. The number of aliphatic hydroxyl groups excluding tert-OH is 2. The maximum absolute atomic E-state index is 8.94. The Morgan fingerprint density at radius 2 is 1.38 bits per heavy atom. The number of rotatable bonds is 7. The van der Waals surface area contributed by atoms with Crippen molar-refractivity contribution < 1.29 is 10.2 Å². The van der Waals surface area contributed by atoms with Gasteiger partial charge in [0.25, 0.3) is 0 Å². The summed E-state index contributed by atoms with van der Waals surface area (Å²) < 4.78 is 0. The minimum absolute atomic E-state index is 0.236. The van der Waals surface area contributed by atoms with E-state index in [0.717, 1.165) is 25.7 Å². The van der Waals surface area contributed by atoms with Crippen LogP contribution in [0.5, 0.6) is 0 Å². The summed E-state index contributed by atoms with van der Waals surface area (Å²) in [5.41, 5.74) is 0.283. The fourth-order valence-corrected chi connectivity index (χ4v) is 1.98. The van der Waals surface area contributed by atoms with Crippen LogP contribution in [0, 0.1) is 11.3 Å². The molecule has 0 atom stereocenters. The van der Waals surface area contributed by atoms with Crippen LogP contribution in [0.25, 0.3) is 0 Å². The summed E-state index contributed by atoms with van der Waals surface area (Å²) in [5, 5.41) is 17.9. The van der Waals surface area contributed by atoms with E-state index < -0.39 is 0 Å². The molecule has 0 saturated heterocycles. The molecule has 0 amide bonds. The summed E-state index contributed by atoms with van der Waals surface area (Å²) in [7, 11) is 0. The van der Waals surface area contributed by atoms with Crippen molar-refractivity contribution in [2.45, 2.75) is 46.5 Å². The molecule has 2 heteroatoms. The van der Waals surface area contributed by atoms with Gasteiger partial charge in [0.2, 0.25) is 0 Å². The van der Waals surface area contributed by atoms with Gasteiger partial charge in [-0.25, -0.2) is 0 Å². The second-order valence-electron chi connectivity index (χ2n) is 4.08. The molecule has 0 rings (SSSR count). The third-order valence-corrected chi connectivity index (χ3v) is 3.56. The third kappa shape index (κ3) is 3.65. The maximum atomic E-state index is 8.94. The van der Waals surface area contributed by atoms with E-state index in [4.69, 9.17) is 10.2 Å². The predicted molar refractivity (Wildman–Crippen MR) is 55.6 cm³/mol. The molecule has 0 aliphatic heterocycles. The molecule has 0 unspecified atom stereocenters. The molecular formula is C11H24O2. The Bertz CT molecular complexity index is 113. The molecule has 13 heavy (non-hydrogen) atoms. The SMILES string of the molecule is CCC(C)(CC)C(CCO)CCO. The molecule has 0 aromatic heterocycles. The molecule has 0 fully saturated rings. The van der Waals surface area contributed by atoms with E-state index in [1.54, 1.807) is 0 Å². The zero-order valence-electron chi connectivity index (χ0n) is 9.21. The average molecular weight is 188 g/mol. The number of hydrogen-bond acceptors (Lipinski definition) is 2. The molecule has 80 valence electrons. The van der Waals surface area contributed by atoms with Crippen molar-refractivity contribution in [3.8, 4) is 0 Å². The summed E-state index contributed by atoms with van der Waals surface area (Å²) in [6.45, 7) is 7.10. The van der Waals surface area contributed by atoms with E-state index in [1.807, 2.05) is 0 Å². The molecule has 0 radical (unpaired) electrons. The zero-order chi connectivity index (χ0) is 10.3. The first-order valence-corrected chi connectivity index (χ1v) is 5.36. The maximum Gasteiger partial charge on any atom is 0.0433 e. The quantitative estimate of drug-likeness (QED) is 0.643. The van der Waals surface area contributed by atoms with E-state index in [-0.39, 0.29) is 18.6 Å². The van der Waals surface area contributed by atoms with Gasteiger partial charge in [-0.05, 0) is 24.2 Å². The van der Waals surface area contributed by atoms with Gasteiger partial charge in [-0.15, -0.1) is 0 Å². The Kier molecular flexibility index (Phi) is 6.35. The van der Waals surface area contributed by atoms with Gasteiger partial charge in [-0.1, -0.05) is 33.6 Å². The van der Waals surface area contributed by atoms with Gasteiger partial charge in [0.1, 0.15) is 0 Å². The van der Waals surface area contributed by atoms with Crippen LogP contribution >= 0.6 is 0 Å². The van der Waals surface area contributed by atoms with Crippen molar-refractivity contribution in [2.75, 3.05) is 13.2 Å². The Morgan fingerprint density at radius 1 is 1.00 bits per heavy atom. The molecular weight excluding hydrogens is 164 g/mol. The van der Waals surface area contributed by atoms with Crippen LogP contribution in [-0.2, 0) is 0 Å². The molecule has 2 N–H and O–H groups in total. The van der Waals surface area contributed by atoms with E-state index in [2.05, 4.69) is 20.8 Å². The Balaban J connectivity index is 4.28. The molecule has 0 heterocycles. The standard InChI is InChI=1S/C11H24O2/c1-4-11(3,5-2)10(6-8-12)7-9-13/h10,12-13H,4-9H2,1-3H3. The average Bonchev–Trinajstić information content (AvgIpc) is 2.16. The van der Waals surface area contributed by atoms with Crippen molar-refractivity contribution in [3.63, 3.8) is 0 Å². The Hall–Kier alpha value is -0.0800. The third-order valence-electron chi connectivity index (χ3n) is 3.56. The smallest absolute Gasteiger partial charge is 0.0433 e. The lowest BCUT2D eigenvalue weighted by Gasteiger charge is -2.36. The van der Waals surface area contributed by atoms with E-state index in [9.17, 15) is 0 Å². The zero-order valence-corrected chi connectivity index (χ0v) is 9.21. The van der Waals surface area contributed by atoms with Crippen LogP contribution in [0.3, 0.4) is 0 Å². The molecule has 0 bridgehead atoms. The van der Waals surface area contributed by atoms with Crippen molar-refractivity contribution in [3.05, 3.63) is 0 Å². The highest BCUT2D eigenvalue weighted by Gasteiger charge is 2.29. The fraction of sp³-hybridized carbons (Fsp3) is 1.00. The second kappa shape index (κ2) is 6.39. The van der Waals surface area contributed by atoms with Crippen LogP contribution in [-0.4, -0.2) is 23.4 Å². The van der Waals surface area contributed by atoms with Crippen molar-refractivity contribution in [1.82, 2.24) is 0 Å². The number of aliphatic hydroxyl groups is 2. The van der Waals surface area contributed by atoms with Gasteiger partial charge >= 0.3 is 0 Å². The van der Waals surface area contributed by atoms with Gasteiger partial charge in [-0.3, -0.25) is 0 Å². The summed E-state index contributed by atoms with van der Waals surface area (Å²) in [6.07, 6.45) is 3.87. The van der Waals surface area contributed by atoms with Crippen LogP contribution in [0.2, 0.25) is 0 Å². The first-order valence-electron chi connectivity index (χ1n) is 5.36. The molecule has 0 aliphatic carbocycles. The van der Waals surface area contributed by atoms with Gasteiger partial charge in [0.15, 0.2) is 0 Å². The predicted octanol–water partition coefficient (Wildman–Crippen LogP) is 2.19. The first kappa shape index (κ1) is 12.9. The second-order valence-corrected chi connectivity index (χ2v) is 4.08. The highest BCUT2D eigenvalue weighted by atomic mass is 16.3. The monoisotopic (exact) mass is 188 g/mol. The molecule has 0 aromatic rings. The normalized spacial score (nSPS) is 12.5. The minimum atomic E-state index is 0.236. The summed E-state index contributed by atoms with van der Waals surface area (Å²) in [6, 6.07) is 0. The Morgan fingerprint density at radius 3 is 1.62 bits per heavy atom. The topological polar surface area (TPSA) is 40.5 Å². The van der Waals surface area contributed by atoms with Crippen molar-refractivity contribution in [1.29, 1.82) is 0 Å². The number of hydrogen-bond donors (Lipinski definition) is 2. The van der Waals surface area contributed by atoms with E-state index in [0.29, 0.717) is 5.92 Å². The van der Waals surface area contributed by atoms with Crippen LogP contribution in [0.4, 0.5) is 0 Å². The fourth-order valence-electron chi connectivity index (χ4n) is 1.98. The van der Waals surface area contributed by atoms with Gasteiger partial charge < -0.3 is 10.2 Å². The van der Waals surface area contributed by atoms with E-state index >= 15 is 0 Å². The molecule has 0 spiro atoms. The van der Waals surface area contributed by atoms with Crippen molar-refractivity contribution >= 4 is 0 Å². The van der Waals surface area contributed by atoms with Crippen molar-refractivity contribution in [2.24, 2.45) is 11.3 Å². The summed E-state index contributed by atoms with van der Waals surface area (Å²) >= 11 is 0. The summed E-state index contributed by atoms with van der Waals surface area (Å²) in [4.78, 5) is 0. The lowest BCUT2D eigenvalue weighted by Crippen LogP contribution is -2.27.